The molecular weight excluding hydrogens is 450 g/mol. The maximum atomic E-state index is 12.5. The number of hydrogen-bond acceptors (Lipinski definition) is 4. The van der Waals surface area contributed by atoms with Crippen molar-refractivity contribution in [2.24, 2.45) is 0 Å². The lowest BCUT2D eigenvalue weighted by molar-refractivity contribution is 0.0954. The number of aryl methyl sites for hydroxylation is 2. The van der Waals surface area contributed by atoms with E-state index in [1.54, 1.807) is 31.4 Å². The van der Waals surface area contributed by atoms with E-state index in [0.717, 1.165) is 51.9 Å². The van der Waals surface area contributed by atoms with Crippen LogP contribution in [0.2, 0.25) is 5.02 Å². The number of carbonyl (C=O) groups is 1. The Bertz CT molecular complexity index is 1270. The largest absolute Gasteiger partial charge is 0.497 e. The van der Waals surface area contributed by atoms with Crippen LogP contribution in [0.25, 0.3) is 11.0 Å². The number of imidazole rings is 1. The van der Waals surface area contributed by atoms with E-state index in [4.69, 9.17) is 26.1 Å². The maximum absolute atomic E-state index is 12.5. The average molecular weight is 478 g/mol. The summed E-state index contributed by atoms with van der Waals surface area (Å²) in [6.07, 6.45) is 1.46. The second-order valence-electron chi connectivity index (χ2n) is 8.02. The molecule has 1 aromatic heterocycles. The van der Waals surface area contributed by atoms with E-state index in [1.807, 2.05) is 43.3 Å². The molecule has 0 radical (unpaired) electrons. The minimum Gasteiger partial charge on any atom is -0.497 e. The van der Waals surface area contributed by atoms with E-state index in [-0.39, 0.29) is 5.91 Å². The Labute approximate surface area is 204 Å². The summed E-state index contributed by atoms with van der Waals surface area (Å²) in [6, 6.07) is 20.9. The van der Waals surface area contributed by atoms with Gasteiger partial charge in [0.2, 0.25) is 0 Å². The molecule has 7 heteroatoms. The van der Waals surface area contributed by atoms with Gasteiger partial charge in [-0.25, -0.2) is 4.98 Å². The first kappa shape index (κ1) is 23.6. The lowest BCUT2D eigenvalue weighted by Crippen LogP contribution is -2.26. The number of ether oxygens (including phenoxy) is 2. The van der Waals surface area contributed by atoms with Crippen molar-refractivity contribution in [3.8, 4) is 11.5 Å². The highest BCUT2D eigenvalue weighted by Gasteiger charge is 2.12. The van der Waals surface area contributed by atoms with Gasteiger partial charge in [-0.3, -0.25) is 4.79 Å². The Morgan fingerprint density at radius 3 is 2.59 bits per heavy atom. The summed E-state index contributed by atoms with van der Waals surface area (Å²) < 4.78 is 13.3. The van der Waals surface area contributed by atoms with Gasteiger partial charge in [0, 0.05) is 30.1 Å². The summed E-state index contributed by atoms with van der Waals surface area (Å²) in [5.41, 5.74) is 3.64. The number of para-hydroxylation sites is 2. The second kappa shape index (κ2) is 11.1. The summed E-state index contributed by atoms with van der Waals surface area (Å²) >= 11 is 6.09. The van der Waals surface area contributed by atoms with Crippen LogP contribution in [0.3, 0.4) is 0 Å². The number of halogens is 1. The summed E-state index contributed by atoms with van der Waals surface area (Å²) in [6.45, 7) is 3.82. The molecule has 0 spiro atoms. The minimum absolute atomic E-state index is 0.114. The molecule has 4 rings (SSSR count). The van der Waals surface area contributed by atoms with E-state index in [0.29, 0.717) is 25.1 Å². The molecule has 0 fully saturated rings. The van der Waals surface area contributed by atoms with Crippen LogP contribution in [-0.2, 0) is 13.0 Å². The van der Waals surface area contributed by atoms with Crippen molar-refractivity contribution < 1.29 is 14.3 Å². The monoisotopic (exact) mass is 477 g/mol. The highest BCUT2D eigenvalue weighted by atomic mass is 35.5. The highest BCUT2D eigenvalue weighted by molar-refractivity contribution is 6.31. The Hall–Kier alpha value is -3.51. The topological polar surface area (TPSA) is 65.4 Å². The Balaban J connectivity index is 1.36. The van der Waals surface area contributed by atoms with Gasteiger partial charge in [-0.2, -0.15) is 0 Å². The Morgan fingerprint density at radius 1 is 1.06 bits per heavy atom. The molecular formula is C27H28ClN3O3. The fourth-order valence-electron chi connectivity index (χ4n) is 3.82. The van der Waals surface area contributed by atoms with Gasteiger partial charge < -0.3 is 19.4 Å². The molecule has 1 heterocycles. The van der Waals surface area contributed by atoms with Crippen LogP contribution in [0, 0.1) is 6.92 Å². The van der Waals surface area contributed by atoms with Crippen molar-refractivity contribution in [1.82, 2.24) is 14.9 Å². The number of hydrogen-bond donors (Lipinski definition) is 1. The molecule has 0 bridgehead atoms. The van der Waals surface area contributed by atoms with E-state index in [1.165, 1.54) is 0 Å². The highest BCUT2D eigenvalue weighted by Crippen LogP contribution is 2.22. The molecule has 4 aromatic rings. The zero-order chi connectivity index (χ0) is 23.9. The van der Waals surface area contributed by atoms with Gasteiger partial charge in [0.05, 0.1) is 24.8 Å². The van der Waals surface area contributed by atoms with Crippen LogP contribution in [0.1, 0.15) is 28.2 Å². The molecule has 0 aliphatic carbocycles. The first-order chi connectivity index (χ1) is 16.5. The predicted octanol–water partition coefficient (Wildman–Crippen LogP) is 5.45. The second-order valence-corrected chi connectivity index (χ2v) is 8.42. The van der Waals surface area contributed by atoms with E-state index in [2.05, 4.69) is 16.0 Å². The molecule has 0 aliphatic rings. The van der Waals surface area contributed by atoms with Crippen molar-refractivity contribution in [1.29, 1.82) is 0 Å². The SMILES string of the molecule is COc1ccc(C(=O)NCCc2nc3ccccc3n2CCCOc2ccc(Cl)c(C)c2)cc1. The quantitative estimate of drug-likeness (QED) is 0.308. The third kappa shape index (κ3) is 5.69. The number of nitrogens with one attached hydrogen (secondary N) is 1. The third-order valence-electron chi connectivity index (χ3n) is 5.64. The molecule has 34 heavy (non-hydrogen) atoms. The van der Waals surface area contributed by atoms with Crippen LogP contribution in [0.5, 0.6) is 11.5 Å². The third-order valence-corrected chi connectivity index (χ3v) is 6.07. The van der Waals surface area contributed by atoms with Gasteiger partial charge in [-0.05, 0) is 73.5 Å². The van der Waals surface area contributed by atoms with Gasteiger partial charge in [0.1, 0.15) is 17.3 Å². The van der Waals surface area contributed by atoms with Crippen LogP contribution >= 0.6 is 11.6 Å². The fraction of sp³-hybridized carbons (Fsp3) is 0.259. The van der Waals surface area contributed by atoms with E-state index >= 15 is 0 Å². The van der Waals surface area contributed by atoms with Crippen LogP contribution in [0.4, 0.5) is 0 Å². The summed E-state index contributed by atoms with van der Waals surface area (Å²) in [5.74, 6) is 2.37. The van der Waals surface area contributed by atoms with E-state index < -0.39 is 0 Å². The molecule has 6 nitrogen and oxygen atoms in total. The van der Waals surface area contributed by atoms with Crippen molar-refractivity contribution in [3.63, 3.8) is 0 Å². The lowest BCUT2D eigenvalue weighted by Gasteiger charge is -2.12. The Kier molecular flexibility index (Phi) is 7.70. The molecule has 0 saturated carbocycles. The van der Waals surface area contributed by atoms with Crippen molar-refractivity contribution >= 4 is 28.5 Å². The normalized spacial score (nSPS) is 10.9. The number of methoxy groups -OCH3 is 1. The predicted molar refractivity (Wildman–Crippen MR) is 135 cm³/mol. The number of benzene rings is 3. The van der Waals surface area contributed by atoms with Gasteiger partial charge in [-0.15, -0.1) is 0 Å². The standard InChI is InChI=1S/C27H28ClN3O3/c1-19-18-22(12-13-23(19)28)34-17-5-16-31-25-7-4-3-6-24(25)30-26(31)14-15-29-27(32)20-8-10-21(33-2)11-9-20/h3-4,6-13,18H,5,14-17H2,1-2H3,(H,29,32). The number of amides is 1. The first-order valence-corrected chi connectivity index (χ1v) is 11.7. The summed E-state index contributed by atoms with van der Waals surface area (Å²) in [7, 11) is 1.60. The van der Waals surface area contributed by atoms with Gasteiger partial charge in [-0.1, -0.05) is 23.7 Å². The molecule has 0 saturated heterocycles. The summed E-state index contributed by atoms with van der Waals surface area (Å²) in [4.78, 5) is 17.3. The fourth-order valence-corrected chi connectivity index (χ4v) is 3.94. The molecule has 176 valence electrons. The maximum Gasteiger partial charge on any atom is 0.251 e. The van der Waals surface area contributed by atoms with E-state index in [9.17, 15) is 4.79 Å². The van der Waals surface area contributed by atoms with Crippen LogP contribution < -0.4 is 14.8 Å². The zero-order valence-electron chi connectivity index (χ0n) is 19.4. The average Bonchev–Trinajstić information content (AvgIpc) is 3.21. The zero-order valence-corrected chi connectivity index (χ0v) is 20.1. The van der Waals surface area contributed by atoms with Crippen LogP contribution in [-0.4, -0.2) is 35.7 Å². The van der Waals surface area contributed by atoms with Crippen LogP contribution in [0.15, 0.2) is 66.7 Å². The van der Waals surface area contributed by atoms with Crippen molar-refractivity contribution in [2.75, 3.05) is 20.3 Å². The minimum atomic E-state index is -0.114. The summed E-state index contributed by atoms with van der Waals surface area (Å²) in [5, 5.41) is 3.72. The van der Waals surface area contributed by atoms with Crippen molar-refractivity contribution in [3.05, 3.63) is 88.7 Å². The molecule has 0 unspecified atom stereocenters. The number of aromatic nitrogens is 2. The van der Waals surface area contributed by atoms with Gasteiger partial charge in [0.15, 0.2) is 0 Å². The smallest absolute Gasteiger partial charge is 0.251 e. The first-order valence-electron chi connectivity index (χ1n) is 11.3. The number of fused-ring (bicyclic) bond motifs is 1. The van der Waals surface area contributed by atoms with Crippen molar-refractivity contribution in [2.45, 2.75) is 26.3 Å². The number of rotatable bonds is 10. The lowest BCUT2D eigenvalue weighted by atomic mass is 10.2. The molecule has 0 atom stereocenters. The molecule has 0 aliphatic heterocycles. The molecule has 3 aromatic carbocycles. The molecule has 1 amide bonds. The molecule has 1 N–H and O–H groups in total. The number of nitrogens with zero attached hydrogens (tertiary/aromatic N) is 2. The van der Waals surface area contributed by atoms with Gasteiger partial charge in [0.25, 0.3) is 5.91 Å². The number of carbonyl (C=O) groups excluding carboxylic acids is 1. The van der Waals surface area contributed by atoms with Gasteiger partial charge >= 0.3 is 0 Å². The Morgan fingerprint density at radius 2 is 1.82 bits per heavy atom.